The van der Waals surface area contributed by atoms with Crippen molar-refractivity contribution in [2.45, 2.75) is 45.4 Å². The fourth-order valence-electron chi connectivity index (χ4n) is 1.57. The molecule has 0 saturated carbocycles. The van der Waals surface area contributed by atoms with Crippen molar-refractivity contribution in [2.24, 2.45) is 0 Å². The highest BCUT2D eigenvalue weighted by Crippen LogP contribution is 2.24. The molecule has 0 aliphatic rings. The molecule has 0 radical (unpaired) electrons. The molecule has 0 saturated heterocycles. The predicted octanol–water partition coefficient (Wildman–Crippen LogP) is 2.85. The molecule has 0 bridgehead atoms. The molecule has 1 heterocycles. The maximum atomic E-state index is 10.3. The lowest BCUT2D eigenvalue weighted by Crippen LogP contribution is -1.97. The van der Waals surface area contributed by atoms with Gasteiger partial charge in [0.2, 0.25) is 11.8 Å². The van der Waals surface area contributed by atoms with Crippen LogP contribution < -0.4 is 0 Å². The molecule has 0 aliphatic carbocycles. The Morgan fingerprint density at radius 1 is 1.47 bits per heavy atom. The molecule has 1 rings (SSSR count). The smallest absolute Gasteiger partial charge is 0.328 e. The van der Waals surface area contributed by atoms with Crippen molar-refractivity contribution in [1.29, 1.82) is 0 Å². The molecule has 94 valence electrons. The van der Waals surface area contributed by atoms with Crippen LogP contribution in [-0.2, 0) is 4.79 Å². The first kappa shape index (κ1) is 13.4. The van der Waals surface area contributed by atoms with Crippen LogP contribution in [0.4, 0.5) is 0 Å². The Balaban J connectivity index is 2.67. The third-order valence-corrected chi connectivity index (χ3v) is 2.57. The van der Waals surface area contributed by atoms with Crippen molar-refractivity contribution in [3.63, 3.8) is 0 Å². The standard InChI is InChI=1S/C12H18N2O3/c1-3-5-6-9(4-2)12-14-13-10(17-12)7-8-11(15)16/h7-9H,3-6H2,1-2H3,(H,15,16)/b8-7+. The first-order valence-electron chi connectivity index (χ1n) is 5.91. The number of aromatic nitrogens is 2. The van der Waals surface area contributed by atoms with E-state index in [1.54, 1.807) is 0 Å². The summed E-state index contributed by atoms with van der Waals surface area (Å²) in [7, 11) is 0. The van der Waals surface area contributed by atoms with Gasteiger partial charge in [-0.2, -0.15) is 0 Å². The van der Waals surface area contributed by atoms with Gasteiger partial charge >= 0.3 is 5.97 Å². The van der Waals surface area contributed by atoms with Crippen molar-refractivity contribution in [3.05, 3.63) is 17.9 Å². The fourth-order valence-corrected chi connectivity index (χ4v) is 1.57. The number of carbonyl (C=O) groups is 1. The summed E-state index contributed by atoms with van der Waals surface area (Å²) < 4.78 is 5.41. The molecular formula is C12H18N2O3. The second-order valence-electron chi connectivity index (χ2n) is 3.90. The highest BCUT2D eigenvalue weighted by molar-refractivity contribution is 5.84. The van der Waals surface area contributed by atoms with Crippen LogP contribution in [0.2, 0.25) is 0 Å². The number of rotatable bonds is 7. The van der Waals surface area contributed by atoms with Gasteiger partial charge in [0.25, 0.3) is 0 Å². The Labute approximate surface area is 101 Å². The number of hydrogen-bond donors (Lipinski definition) is 1. The highest BCUT2D eigenvalue weighted by Gasteiger charge is 2.15. The van der Waals surface area contributed by atoms with Crippen molar-refractivity contribution in [3.8, 4) is 0 Å². The van der Waals surface area contributed by atoms with Gasteiger partial charge in [-0.05, 0) is 12.8 Å². The summed E-state index contributed by atoms with van der Waals surface area (Å²) >= 11 is 0. The summed E-state index contributed by atoms with van der Waals surface area (Å²) in [4.78, 5) is 10.3. The Kier molecular flexibility index (Phi) is 5.39. The van der Waals surface area contributed by atoms with E-state index in [-0.39, 0.29) is 11.8 Å². The molecule has 0 fully saturated rings. The molecule has 5 heteroatoms. The quantitative estimate of drug-likeness (QED) is 0.739. The molecule has 1 unspecified atom stereocenters. The van der Waals surface area contributed by atoms with Crippen LogP contribution in [0.5, 0.6) is 0 Å². The van der Waals surface area contributed by atoms with Gasteiger partial charge in [-0.25, -0.2) is 4.79 Å². The molecule has 0 amide bonds. The number of aliphatic carboxylic acids is 1. The van der Waals surface area contributed by atoms with E-state index in [4.69, 9.17) is 9.52 Å². The van der Waals surface area contributed by atoms with Gasteiger partial charge in [-0.1, -0.05) is 26.7 Å². The molecule has 0 aromatic carbocycles. The second-order valence-corrected chi connectivity index (χ2v) is 3.90. The molecule has 1 N–H and O–H groups in total. The molecular weight excluding hydrogens is 220 g/mol. The van der Waals surface area contributed by atoms with Crippen molar-refractivity contribution >= 4 is 12.0 Å². The first-order valence-corrected chi connectivity index (χ1v) is 5.91. The van der Waals surface area contributed by atoms with Gasteiger partial charge in [-0.3, -0.25) is 0 Å². The number of hydrogen-bond acceptors (Lipinski definition) is 4. The monoisotopic (exact) mass is 238 g/mol. The normalized spacial score (nSPS) is 13.1. The van der Waals surface area contributed by atoms with Crippen LogP contribution in [0.3, 0.4) is 0 Å². The lowest BCUT2D eigenvalue weighted by Gasteiger charge is -2.08. The Hall–Kier alpha value is -1.65. The highest BCUT2D eigenvalue weighted by atomic mass is 16.4. The maximum Gasteiger partial charge on any atom is 0.328 e. The van der Waals surface area contributed by atoms with E-state index in [1.165, 1.54) is 6.08 Å². The van der Waals surface area contributed by atoms with Crippen molar-refractivity contribution < 1.29 is 14.3 Å². The summed E-state index contributed by atoms with van der Waals surface area (Å²) in [6.45, 7) is 4.22. The summed E-state index contributed by atoms with van der Waals surface area (Å²) in [5, 5.41) is 16.2. The molecule has 17 heavy (non-hydrogen) atoms. The zero-order chi connectivity index (χ0) is 12.7. The Morgan fingerprint density at radius 2 is 2.24 bits per heavy atom. The SMILES string of the molecule is CCCCC(CC)c1nnc(/C=C/C(=O)O)o1. The van der Waals surface area contributed by atoms with Gasteiger partial charge in [-0.15, -0.1) is 10.2 Å². The first-order chi connectivity index (χ1) is 8.17. The summed E-state index contributed by atoms with van der Waals surface area (Å²) in [5.41, 5.74) is 0. The minimum absolute atomic E-state index is 0.248. The van der Waals surface area contributed by atoms with Gasteiger partial charge in [0.15, 0.2) is 0 Å². The zero-order valence-corrected chi connectivity index (χ0v) is 10.2. The average Bonchev–Trinajstić information content (AvgIpc) is 2.76. The Bertz CT molecular complexity index is 385. The Morgan fingerprint density at radius 3 is 2.82 bits per heavy atom. The van der Waals surface area contributed by atoms with E-state index in [1.807, 2.05) is 0 Å². The van der Waals surface area contributed by atoms with Gasteiger partial charge in [0.1, 0.15) is 0 Å². The van der Waals surface area contributed by atoms with Gasteiger partial charge < -0.3 is 9.52 Å². The average molecular weight is 238 g/mol. The minimum atomic E-state index is -1.03. The van der Waals surface area contributed by atoms with Crippen LogP contribution in [0.1, 0.15) is 57.2 Å². The van der Waals surface area contributed by atoms with Crippen molar-refractivity contribution in [2.75, 3.05) is 0 Å². The largest absolute Gasteiger partial charge is 0.478 e. The molecule has 0 spiro atoms. The zero-order valence-electron chi connectivity index (χ0n) is 10.2. The lowest BCUT2D eigenvalue weighted by molar-refractivity contribution is -0.131. The molecule has 1 aromatic rings. The molecule has 1 atom stereocenters. The fraction of sp³-hybridized carbons (Fsp3) is 0.583. The van der Waals surface area contributed by atoms with E-state index in [9.17, 15) is 4.79 Å². The third kappa shape index (κ3) is 4.38. The van der Waals surface area contributed by atoms with E-state index in [2.05, 4.69) is 24.0 Å². The molecule has 0 aliphatic heterocycles. The maximum absolute atomic E-state index is 10.3. The van der Waals surface area contributed by atoms with Crippen molar-refractivity contribution in [1.82, 2.24) is 10.2 Å². The molecule has 5 nitrogen and oxygen atoms in total. The summed E-state index contributed by atoms with van der Waals surface area (Å²) in [5.74, 6) is 0.0977. The number of carboxylic acids is 1. The van der Waals surface area contributed by atoms with Gasteiger partial charge in [0.05, 0.1) is 0 Å². The predicted molar refractivity (Wildman–Crippen MR) is 63.5 cm³/mol. The summed E-state index contributed by atoms with van der Waals surface area (Å²) in [6.07, 6.45) is 6.54. The minimum Gasteiger partial charge on any atom is -0.478 e. The van der Waals surface area contributed by atoms with E-state index in [0.717, 1.165) is 31.8 Å². The third-order valence-electron chi connectivity index (χ3n) is 2.57. The molecule has 1 aromatic heterocycles. The van der Waals surface area contributed by atoms with E-state index in [0.29, 0.717) is 5.89 Å². The topological polar surface area (TPSA) is 76.2 Å². The number of unbranched alkanes of at least 4 members (excludes halogenated alkanes) is 1. The van der Waals surface area contributed by atoms with Crippen LogP contribution in [0.15, 0.2) is 10.5 Å². The van der Waals surface area contributed by atoms with Crippen LogP contribution >= 0.6 is 0 Å². The second kappa shape index (κ2) is 6.83. The van der Waals surface area contributed by atoms with Crippen LogP contribution in [0.25, 0.3) is 6.08 Å². The van der Waals surface area contributed by atoms with Crippen LogP contribution in [0, 0.1) is 0 Å². The number of nitrogens with zero attached hydrogens (tertiary/aromatic N) is 2. The van der Waals surface area contributed by atoms with Gasteiger partial charge in [0, 0.05) is 18.1 Å². The van der Waals surface area contributed by atoms with E-state index >= 15 is 0 Å². The summed E-state index contributed by atoms with van der Waals surface area (Å²) in [6, 6.07) is 0. The van der Waals surface area contributed by atoms with E-state index < -0.39 is 5.97 Å². The number of carboxylic acid groups (broad SMARTS) is 1. The lowest BCUT2D eigenvalue weighted by atomic mass is 10.00. The van der Waals surface area contributed by atoms with Crippen LogP contribution in [-0.4, -0.2) is 21.3 Å².